The van der Waals surface area contributed by atoms with E-state index in [9.17, 15) is 9.59 Å². The molecule has 0 bridgehead atoms. The lowest BCUT2D eigenvalue weighted by atomic mass is 9.95. The molecule has 1 aromatic rings. The zero-order valence-corrected chi connectivity index (χ0v) is 10.8. The molecule has 5 nitrogen and oxygen atoms in total. The molecule has 0 aliphatic heterocycles. The van der Waals surface area contributed by atoms with Gasteiger partial charge in [-0.3, -0.25) is 9.59 Å². The molecule has 0 unspecified atom stereocenters. The maximum Gasteiger partial charge on any atom is 0.252 e. The first-order valence-electron chi connectivity index (χ1n) is 6.58. The van der Waals surface area contributed by atoms with Crippen LogP contribution in [0.3, 0.4) is 0 Å². The van der Waals surface area contributed by atoms with Crippen LogP contribution in [0.2, 0.25) is 0 Å². The number of carbonyl (C=O) groups excluding carboxylic acids is 2. The van der Waals surface area contributed by atoms with Gasteiger partial charge in [-0.05, 0) is 25.0 Å². The van der Waals surface area contributed by atoms with Gasteiger partial charge in [0.15, 0.2) is 0 Å². The highest BCUT2D eigenvalue weighted by molar-refractivity contribution is 6.09. The Bertz CT molecular complexity index is 493. The average Bonchev–Trinajstić information content (AvgIpc) is 2.39. The summed E-state index contributed by atoms with van der Waals surface area (Å²) in [5, 5.41) is 2.96. The number of carbonyl (C=O) groups is 2. The van der Waals surface area contributed by atoms with Gasteiger partial charge in [0.1, 0.15) is 0 Å². The number of nitrogens with one attached hydrogen (secondary N) is 1. The molecule has 2 rings (SSSR count). The molecule has 0 atom stereocenters. The second-order valence-corrected chi connectivity index (χ2v) is 4.94. The van der Waals surface area contributed by atoms with Gasteiger partial charge in [-0.1, -0.05) is 25.3 Å². The molecule has 102 valence electrons. The second-order valence-electron chi connectivity index (χ2n) is 4.94. The number of rotatable bonds is 3. The standard InChI is InChI=1S/C14H19N3O2/c15-11-8-4-7-10(12(11)13(16)18)14(19)17-9-5-2-1-3-6-9/h4,7-9H,1-3,5-6,15H2,(H2,16,18)(H,17,19). The lowest BCUT2D eigenvalue weighted by molar-refractivity contribution is 0.0914. The molecule has 5 N–H and O–H groups in total. The van der Waals surface area contributed by atoms with Crippen molar-refractivity contribution in [3.63, 3.8) is 0 Å². The summed E-state index contributed by atoms with van der Waals surface area (Å²) in [6.45, 7) is 0. The second kappa shape index (κ2) is 5.73. The van der Waals surface area contributed by atoms with Crippen molar-refractivity contribution >= 4 is 17.5 Å². The lowest BCUT2D eigenvalue weighted by Gasteiger charge is -2.23. The summed E-state index contributed by atoms with van der Waals surface area (Å²) in [6, 6.07) is 4.98. The van der Waals surface area contributed by atoms with E-state index in [0.717, 1.165) is 25.7 Å². The van der Waals surface area contributed by atoms with Crippen molar-refractivity contribution < 1.29 is 9.59 Å². The molecule has 1 saturated carbocycles. The fourth-order valence-corrected chi connectivity index (χ4v) is 2.54. The predicted octanol–water partition coefficient (Wildman–Crippen LogP) is 1.43. The molecule has 0 heterocycles. The molecule has 0 spiro atoms. The fourth-order valence-electron chi connectivity index (χ4n) is 2.54. The third-order valence-corrected chi connectivity index (χ3v) is 3.53. The summed E-state index contributed by atoms with van der Waals surface area (Å²) in [4.78, 5) is 23.6. The van der Waals surface area contributed by atoms with Crippen LogP contribution < -0.4 is 16.8 Å². The third kappa shape index (κ3) is 3.05. The molecule has 1 aromatic carbocycles. The van der Waals surface area contributed by atoms with Gasteiger partial charge < -0.3 is 16.8 Å². The Morgan fingerprint density at radius 3 is 2.47 bits per heavy atom. The quantitative estimate of drug-likeness (QED) is 0.718. The smallest absolute Gasteiger partial charge is 0.252 e. The Morgan fingerprint density at radius 1 is 1.16 bits per heavy atom. The van der Waals surface area contributed by atoms with E-state index in [1.165, 1.54) is 6.42 Å². The van der Waals surface area contributed by atoms with Crippen LogP contribution in [-0.4, -0.2) is 17.9 Å². The number of nitrogen functional groups attached to an aromatic ring is 1. The molecule has 1 aliphatic carbocycles. The number of anilines is 1. The van der Waals surface area contributed by atoms with Crippen LogP contribution in [-0.2, 0) is 0 Å². The maximum atomic E-state index is 12.2. The van der Waals surface area contributed by atoms with E-state index >= 15 is 0 Å². The van der Waals surface area contributed by atoms with Crippen LogP contribution in [0, 0.1) is 0 Å². The van der Waals surface area contributed by atoms with Gasteiger partial charge in [0.25, 0.3) is 11.8 Å². The summed E-state index contributed by atoms with van der Waals surface area (Å²) in [5.74, 6) is -0.945. The summed E-state index contributed by atoms with van der Waals surface area (Å²) < 4.78 is 0. The monoisotopic (exact) mass is 261 g/mol. The van der Waals surface area contributed by atoms with Crippen molar-refractivity contribution in [3.8, 4) is 0 Å². The molecule has 0 aromatic heterocycles. The summed E-state index contributed by atoms with van der Waals surface area (Å²) in [6.07, 6.45) is 5.45. The predicted molar refractivity (Wildman–Crippen MR) is 73.7 cm³/mol. The van der Waals surface area contributed by atoms with E-state index in [1.54, 1.807) is 18.2 Å². The largest absolute Gasteiger partial charge is 0.398 e. The molecule has 1 fully saturated rings. The topological polar surface area (TPSA) is 98.2 Å². The number of nitrogens with two attached hydrogens (primary N) is 2. The minimum atomic E-state index is -0.674. The number of hydrogen-bond acceptors (Lipinski definition) is 3. The van der Waals surface area contributed by atoms with Gasteiger partial charge in [0.2, 0.25) is 0 Å². The molecular weight excluding hydrogens is 242 g/mol. The number of primary amides is 1. The van der Waals surface area contributed by atoms with E-state index in [1.807, 2.05) is 0 Å². The van der Waals surface area contributed by atoms with Crippen molar-refractivity contribution in [3.05, 3.63) is 29.3 Å². The Balaban J connectivity index is 2.18. The SMILES string of the molecule is NC(=O)c1c(N)cccc1C(=O)NC1CCCCC1. The number of amides is 2. The van der Waals surface area contributed by atoms with E-state index in [2.05, 4.69) is 5.32 Å². The minimum Gasteiger partial charge on any atom is -0.398 e. The summed E-state index contributed by atoms with van der Waals surface area (Å²) in [5.41, 5.74) is 11.6. The van der Waals surface area contributed by atoms with Crippen LogP contribution in [0.25, 0.3) is 0 Å². The lowest BCUT2D eigenvalue weighted by Crippen LogP contribution is -2.37. The van der Waals surface area contributed by atoms with Gasteiger partial charge in [-0.25, -0.2) is 0 Å². The normalized spacial score (nSPS) is 16.0. The van der Waals surface area contributed by atoms with Gasteiger partial charge in [0, 0.05) is 11.7 Å². The first-order valence-corrected chi connectivity index (χ1v) is 6.58. The van der Waals surface area contributed by atoms with E-state index < -0.39 is 5.91 Å². The summed E-state index contributed by atoms with van der Waals surface area (Å²) >= 11 is 0. The van der Waals surface area contributed by atoms with Crippen molar-refractivity contribution in [1.29, 1.82) is 0 Å². The Kier molecular flexibility index (Phi) is 4.04. The van der Waals surface area contributed by atoms with Crippen LogP contribution in [0.4, 0.5) is 5.69 Å². The summed E-state index contributed by atoms with van der Waals surface area (Å²) in [7, 11) is 0. The Morgan fingerprint density at radius 2 is 1.84 bits per heavy atom. The van der Waals surface area contributed by atoms with E-state index in [-0.39, 0.29) is 28.8 Å². The van der Waals surface area contributed by atoms with Crippen molar-refractivity contribution in [2.75, 3.05) is 5.73 Å². The molecular formula is C14H19N3O2. The zero-order valence-electron chi connectivity index (χ0n) is 10.8. The highest BCUT2D eigenvalue weighted by atomic mass is 16.2. The number of benzene rings is 1. The van der Waals surface area contributed by atoms with Crippen LogP contribution in [0.15, 0.2) is 18.2 Å². The molecule has 5 heteroatoms. The Hall–Kier alpha value is -2.04. The average molecular weight is 261 g/mol. The molecule has 1 aliphatic rings. The fraction of sp³-hybridized carbons (Fsp3) is 0.429. The van der Waals surface area contributed by atoms with Crippen molar-refractivity contribution in [2.24, 2.45) is 5.73 Å². The van der Waals surface area contributed by atoms with Crippen LogP contribution in [0.1, 0.15) is 52.8 Å². The molecule has 2 amide bonds. The number of hydrogen-bond donors (Lipinski definition) is 3. The van der Waals surface area contributed by atoms with Gasteiger partial charge in [0.05, 0.1) is 11.1 Å². The highest BCUT2D eigenvalue weighted by Gasteiger charge is 2.21. The first-order chi connectivity index (χ1) is 9.09. The zero-order chi connectivity index (χ0) is 13.8. The van der Waals surface area contributed by atoms with Gasteiger partial charge >= 0.3 is 0 Å². The molecule has 0 saturated heterocycles. The van der Waals surface area contributed by atoms with E-state index in [4.69, 9.17) is 11.5 Å². The minimum absolute atomic E-state index is 0.107. The van der Waals surface area contributed by atoms with Crippen molar-refractivity contribution in [2.45, 2.75) is 38.1 Å². The Labute approximate surface area is 112 Å². The van der Waals surface area contributed by atoms with Gasteiger partial charge in [-0.2, -0.15) is 0 Å². The highest BCUT2D eigenvalue weighted by Crippen LogP contribution is 2.20. The van der Waals surface area contributed by atoms with Crippen LogP contribution >= 0.6 is 0 Å². The van der Waals surface area contributed by atoms with E-state index in [0.29, 0.717) is 0 Å². The van der Waals surface area contributed by atoms with Crippen molar-refractivity contribution in [1.82, 2.24) is 5.32 Å². The van der Waals surface area contributed by atoms with Gasteiger partial charge in [-0.15, -0.1) is 0 Å². The van der Waals surface area contributed by atoms with Crippen LogP contribution in [0.5, 0.6) is 0 Å². The maximum absolute atomic E-state index is 12.2. The first kappa shape index (κ1) is 13.4. The molecule has 19 heavy (non-hydrogen) atoms. The molecule has 0 radical (unpaired) electrons. The third-order valence-electron chi connectivity index (χ3n) is 3.53.